The second-order valence-corrected chi connectivity index (χ2v) is 3.05. The Bertz CT molecular complexity index is 337. The minimum atomic E-state index is -0.410. The van der Waals surface area contributed by atoms with Crippen LogP contribution in [0.1, 0.15) is 21.7 Å². The lowest BCUT2D eigenvalue weighted by atomic mass is 10.2. The predicted molar refractivity (Wildman–Crippen MR) is 53.1 cm³/mol. The summed E-state index contributed by atoms with van der Waals surface area (Å²) in [6.45, 7) is 2.44. The van der Waals surface area contributed by atoms with Crippen LogP contribution in [0, 0.1) is 6.92 Å². The Labute approximate surface area is 83.1 Å². The molecule has 0 atom stereocenters. The van der Waals surface area contributed by atoms with Crippen LogP contribution in [0.4, 0.5) is 0 Å². The molecular weight excluding hydrogens is 180 g/mol. The number of aromatic nitrogens is 1. The molecule has 0 spiro atoms. The number of nitrogens with zero attached hydrogens (tertiary/aromatic N) is 1. The molecule has 76 valence electrons. The molecule has 0 saturated carbocycles. The van der Waals surface area contributed by atoms with Gasteiger partial charge in [-0.05, 0) is 31.2 Å². The lowest BCUT2D eigenvalue weighted by Crippen LogP contribution is -2.10. The highest BCUT2D eigenvalue weighted by molar-refractivity contribution is 5.87. The van der Waals surface area contributed by atoms with Crippen LogP contribution in [-0.2, 0) is 11.2 Å². The van der Waals surface area contributed by atoms with E-state index >= 15 is 0 Å². The molecule has 0 fully saturated rings. The lowest BCUT2D eigenvalue weighted by molar-refractivity contribution is 0.0593. The number of methoxy groups -OCH3 is 1. The third kappa shape index (κ3) is 2.53. The lowest BCUT2D eigenvalue weighted by Gasteiger charge is -2.04. The topological polar surface area (TPSA) is 65.2 Å². The van der Waals surface area contributed by atoms with Gasteiger partial charge in [-0.15, -0.1) is 0 Å². The molecule has 0 amide bonds. The van der Waals surface area contributed by atoms with Crippen molar-refractivity contribution in [2.45, 2.75) is 13.3 Å². The van der Waals surface area contributed by atoms with Crippen molar-refractivity contribution in [2.75, 3.05) is 13.7 Å². The number of carbonyl (C=O) groups is 1. The van der Waals surface area contributed by atoms with Crippen LogP contribution in [-0.4, -0.2) is 24.6 Å². The van der Waals surface area contributed by atoms with E-state index in [9.17, 15) is 4.79 Å². The van der Waals surface area contributed by atoms with Gasteiger partial charge in [-0.2, -0.15) is 0 Å². The van der Waals surface area contributed by atoms with E-state index in [4.69, 9.17) is 5.73 Å². The molecule has 14 heavy (non-hydrogen) atoms. The van der Waals surface area contributed by atoms with Crippen molar-refractivity contribution in [3.8, 4) is 0 Å². The average molecular weight is 194 g/mol. The smallest absolute Gasteiger partial charge is 0.356 e. The number of hydrogen-bond acceptors (Lipinski definition) is 4. The number of nitrogens with two attached hydrogens (primary N) is 1. The fraction of sp³-hybridized carbons (Fsp3) is 0.400. The normalized spacial score (nSPS) is 9.93. The van der Waals surface area contributed by atoms with E-state index < -0.39 is 5.97 Å². The van der Waals surface area contributed by atoms with E-state index in [1.165, 1.54) is 7.11 Å². The first-order valence-corrected chi connectivity index (χ1v) is 4.43. The maximum atomic E-state index is 11.2. The number of rotatable bonds is 3. The molecular formula is C10H14N2O2. The number of ether oxygens (including phenoxy) is 1. The van der Waals surface area contributed by atoms with Crippen LogP contribution in [0.25, 0.3) is 0 Å². The number of aryl methyl sites for hydroxylation is 1. The molecule has 0 aromatic carbocycles. The van der Waals surface area contributed by atoms with Crippen molar-refractivity contribution < 1.29 is 9.53 Å². The maximum Gasteiger partial charge on any atom is 0.356 e. The number of carbonyl (C=O) groups excluding carboxylic acids is 1. The van der Waals surface area contributed by atoms with Crippen molar-refractivity contribution in [1.29, 1.82) is 0 Å². The highest BCUT2D eigenvalue weighted by atomic mass is 16.5. The molecule has 0 saturated heterocycles. The van der Waals surface area contributed by atoms with Crippen molar-refractivity contribution in [3.05, 3.63) is 29.1 Å². The fourth-order valence-electron chi connectivity index (χ4n) is 1.22. The molecule has 0 bridgehead atoms. The van der Waals surface area contributed by atoms with Gasteiger partial charge in [0.05, 0.1) is 7.11 Å². The molecule has 1 aromatic rings. The first-order valence-electron chi connectivity index (χ1n) is 4.43. The fourth-order valence-corrected chi connectivity index (χ4v) is 1.22. The van der Waals surface area contributed by atoms with Crippen molar-refractivity contribution in [3.63, 3.8) is 0 Å². The van der Waals surface area contributed by atoms with Gasteiger partial charge < -0.3 is 10.5 Å². The summed E-state index contributed by atoms with van der Waals surface area (Å²) in [5.41, 5.74) is 7.57. The van der Waals surface area contributed by atoms with E-state index in [2.05, 4.69) is 9.72 Å². The largest absolute Gasteiger partial charge is 0.464 e. The Morgan fingerprint density at radius 3 is 2.86 bits per heavy atom. The van der Waals surface area contributed by atoms with Crippen LogP contribution in [0.2, 0.25) is 0 Å². The first-order chi connectivity index (χ1) is 6.67. The Morgan fingerprint density at radius 1 is 1.57 bits per heavy atom. The molecule has 0 unspecified atom stereocenters. The zero-order valence-corrected chi connectivity index (χ0v) is 8.41. The third-order valence-electron chi connectivity index (χ3n) is 1.82. The third-order valence-corrected chi connectivity index (χ3v) is 1.82. The van der Waals surface area contributed by atoms with Gasteiger partial charge >= 0.3 is 5.97 Å². The molecule has 4 heteroatoms. The Kier molecular flexibility index (Phi) is 3.59. The van der Waals surface area contributed by atoms with Crippen molar-refractivity contribution in [1.82, 2.24) is 4.98 Å². The van der Waals surface area contributed by atoms with E-state index in [-0.39, 0.29) is 0 Å². The molecule has 0 aliphatic heterocycles. The molecule has 4 nitrogen and oxygen atoms in total. The summed E-state index contributed by atoms with van der Waals surface area (Å²) < 4.78 is 4.59. The second-order valence-electron chi connectivity index (χ2n) is 3.05. The predicted octanol–water partition coefficient (Wildman–Crippen LogP) is 0.678. The first kappa shape index (κ1) is 10.7. The molecule has 0 aliphatic carbocycles. The molecule has 0 radical (unpaired) electrons. The highest BCUT2D eigenvalue weighted by Crippen LogP contribution is 2.06. The van der Waals surface area contributed by atoms with Gasteiger partial charge in [-0.1, -0.05) is 0 Å². The number of hydrogen-bond donors (Lipinski definition) is 1. The summed E-state index contributed by atoms with van der Waals surface area (Å²) in [5.74, 6) is -0.410. The SMILES string of the molecule is COC(=O)c1cc(C)cc(CCN)n1. The summed E-state index contributed by atoms with van der Waals surface area (Å²) in [7, 11) is 1.34. The zero-order chi connectivity index (χ0) is 10.6. The molecule has 2 N–H and O–H groups in total. The van der Waals surface area contributed by atoms with Gasteiger partial charge in [-0.25, -0.2) is 9.78 Å². The molecule has 0 aliphatic rings. The standard InChI is InChI=1S/C10H14N2O2/c1-7-5-8(3-4-11)12-9(6-7)10(13)14-2/h5-6H,3-4,11H2,1-2H3. The number of pyridine rings is 1. The summed E-state index contributed by atoms with van der Waals surface area (Å²) >= 11 is 0. The van der Waals surface area contributed by atoms with Gasteiger partial charge in [0.2, 0.25) is 0 Å². The summed E-state index contributed by atoms with van der Waals surface area (Å²) in [5, 5.41) is 0. The van der Waals surface area contributed by atoms with E-state index in [1.807, 2.05) is 13.0 Å². The van der Waals surface area contributed by atoms with Crippen LogP contribution in [0.5, 0.6) is 0 Å². The van der Waals surface area contributed by atoms with E-state index in [0.29, 0.717) is 18.7 Å². The number of esters is 1. The van der Waals surface area contributed by atoms with Gasteiger partial charge in [0.1, 0.15) is 5.69 Å². The van der Waals surface area contributed by atoms with Gasteiger partial charge in [-0.3, -0.25) is 0 Å². The second kappa shape index (κ2) is 4.72. The zero-order valence-electron chi connectivity index (χ0n) is 8.41. The Balaban J connectivity index is 3.00. The molecule has 1 aromatic heterocycles. The van der Waals surface area contributed by atoms with Crippen molar-refractivity contribution in [2.24, 2.45) is 5.73 Å². The minimum absolute atomic E-state index is 0.343. The van der Waals surface area contributed by atoms with Crippen LogP contribution in [0.3, 0.4) is 0 Å². The monoisotopic (exact) mass is 194 g/mol. The molecule has 1 heterocycles. The van der Waals surface area contributed by atoms with Crippen molar-refractivity contribution >= 4 is 5.97 Å². The van der Waals surface area contributed by atoms with Gasteiger partial charge in [0, 0.05) is 12.1 Å². The van der Waals surface area contributed by atoms with E-state index in [0.717, 1.165) is 11.3 Å². The minimum Gasteiger partial charge on any atom is -0.464 e. The average Bonchev–Trinajstić information content (AvgIpc) is 2.16. The maximum absolute atomic E-state index is 11.2. The quantitative estimate of drug-likeness (QED) is 0.718. The molecule has 1 rings (SSSR count). The van der Waals surface area contributed by atoms with Crippen LogP contribution < -0.4 is 5.73 Å². The summed E-state index contributed by atoms with van der Waals surface area (Å²) in [6.07, 6.45) is 0.672. The Morgan fingerprint density at radius 2 is 2.29 bits per heavy atom. The summed E-state index contributed by atoms with van der Waals surface area (Å²) in [4.78, 5) is 15.3. The highest BCUT2D eigenvalue weighted by Gasteiger charge is 2.08. The van der Waals surface area contributed by atoms with Gasteiger partial charge in [0.15, 0.2) is 0 Å². The van der Waals surface area contributed by atoms with Gasteiger partial charge in [0.25, 0.3) is 0 Å². The van der Waals surface area contributed by atoms with Crippen LogP contribution in [0.15, 0.2) is 12.1 Å². The van der Waals surface area contributed by atoms with E-state index in [1.54, 1.807) is 6.07 Å². The summed E-state index contributed by atoms with van der Waals surface area (Å²) in [6, 6.07) is 3.62. The Hall–Kier alpha value is -1.42. The van der Waals surface area contributed by atoms with Crippen LogP contribution >= 0.6 is 0 Å².